The van der Waals surface area contributed by atoms with Gasteiger partial charge < -0.3 is 15.6 Å². The van der Waals surface area contributed by atoms with Crippen LogP contribution in [0.25, 0.3) is 10.9 Å². The molecule has 0 bridgehead atoms. The van der Waals surface area contributed by atoms with E-state index in [0.29, 0.717) is 5.52 Å². The number of nitrogens with one attached hydrogen (secondary N) is 3. The molecule has 7 nitrogen and oxygen atoms in total. The minimum atomic E-state index is -3.28. The third-order valence-corrected chi connectivity index (χ3v) is 6.69. The van der Waals surface area contributed by atoms with E-state index in [-0.39, 0.29) is 16.7 Å². The molecule has 0 saturated heterocycles. The summed E-state index contributed by atoms with van der Waals surface area (Å²) in [6.45, 7) is 5.15. The number of anilines is 1. The summed E-state index contributed by atoms with van der Waals surface area (Å²) < 4.78 is 23.0. The van der Waals surface area contributed by atoms with Crippen LogP contribution in [0.1, 0.15) is 36.2 Å². The normalized spacial score (nSPS) is 22.2. The Morgan fingerprint density at radius 1 is 1.30 bits per heavy atom. The van der Waals surface area contributed by atoms with Crippen molar-refractivity contribution in [3.63, 3.8) is 0 Å². The predicted octanol–water partition coefficient (Wildman–Crippen LogP) is 1.66. The minimum absolute atomic E-state index is 0.00199. The van der Waals surface area contributed by atoms with E-state index >= 15 is 0 Å². The van der Waals surface area contributed by atoms with Crippen LogP contribution >= 0.6 is 0 Å². The van der Waals surface area contributed by atoms with E-state index in [1.54, 1.807) is 6.07 Å². The summed E-state index contributed by atoms with van der Waals surface area (Å²) in [6, 6.07) is 4.86. The molecule has 0 radical (unpaired) electrons. The number of fused-ring (bicyclic) bond motifs is 3. The third kappa shape index (κ3) is 3.14. The Balaban J connectivity index is 1.72. The van der Waals surface area contributed by atoms with Crippen LogP contribution in [0.3, 0.4) is 0 Å². The zero-order chi connectivity index (χ0) is 19.4. The first kappa shape index (κ1) is 17.8. The fraction of sp³-hybridized carbons (Fsp3) is 0.368. The SMILES string of the molecule is CC1(C)CCNc2c1ccc1cc(C(=O)N[C@@H]3C=CS(=O)(=O)C3)c(=O)[nH]c21. The van der Waals surface area contributed by atoms with Crippen molar-refractivity contribution in [2.45, 2.75) is 31.7 Å². The molecule has 3 N–H and O–H groups in total. The van der Waals surface area contributed by atoms with Crippen LogP contribution in [0.2, 0.25) is 0 Å². The van der Waals surface area contributed by atoms with Crippen molar-refractivity contribution in [2.24, 2.45) is 0 Å². The summed E-state index contributed by atoms with van der Waals surface area (Å²) in [5, 5.41) is 7.78. The molecule has 1 aromatic heterocycles. The number of amides is 1. The van der Waals surface area contributed by atoms with Gasteiger partial charge in [-0.3, -0.25) is 9.59 Å². The van der Waals surface area contributed by atoms with Crippen LogP contribution in [0.5, 0.6) is 0 Å². The largest absolute Gasteiger partial charge is 0.383 e. The lowest BCUT2D eigenvalue weighted by atomic mass is 9.78. The Kier molecular flexibility index (Phi) is 3.92. The van der Waals surface area contributed by atoms with Crippen molar-refractivity contribution in [2.75, 3.05) is 17.6 Å². The van der Waals surface area contributed by atoms with Crippen molar-refractivity contribution >= 4 is 32.3 Å². The fourth-order valence-electron chi connectivity index (χ4n) is 3.74. The number of carbonyl (C=O) groups is 1. The van der Waals surface area contributed by atoms with E-state index in [1.165, 1.54) is 6.08 Å². The molecule has 0 unspecified atom stereocenters. The summed E-state index contributed by atoms with van der Waals surface area (Å²) >= 11 is 0. The Hall–Kier alpha value is -2.61. The summed E-state index contributed by atoms with van der Waals surface area (Å²) in [4.78, 5) is 27.9. The van der Waals surface area contributed by atoms with Crippen molar-refractivity contribution < 1.29 is 13.2 Å². The Bertz CT molecular complexity index is 1150. The van der Waals surface area contributed by atoms with Crippen LogP contribution in [0.4, 0.5) is 5.69 Å². The van der Waals surface area contributed by atoms with Gasteiger partial charge in [0, 0.05) is 17.3 Å². The molecule has 2 aliphatic heterocycles. The van der Waals surface area contributed by atoms with E-state index in [2.05, 4.69) is 29.5 Å². The smallest absolute Gasteiger partial charge is 0.261 e. The van der Waals surface area contributed by atoms with Gasteiger partial charge in [0.05, 0.1) is 23.0 Å². The first-order valence-corrected chi connectivity index (χ1v) is 10.5. The highest BCUT2D eigenvalue weighted by Gasteiger charge is 2.29. The van der Waals surface area contributed by atoms with Crippen LogP contribution in [-0.4, -0.2) is 37.6 Å². The molecular formula is C19H21N3O4S. The van der Waals surface area contributed by atoms with Crippen LogP contribution < -0.4 is 16.2 Å². The molecular weight excluding hydrogens is 366 g/mol. The van der Waals surface area contributed by atoms with Gasteiger partial charge in [0.2, 0.25) is 0 Å². The van der Waals surface area contributed by atoms with Gasteiger partial charge in [-0.05, 0) is 29.5 Å². The molecule has 3 heterocycles. The topological polar surface area (TPSA) is 108 Å². The summed E-state index contributed by atoms with van der Waals surface area (Å²) in [7, 11) is -3.28. The molecule has 8 heteroatoms. The predicted molar refractivity (Wildman–Crippen MR) is 105 cm³/mol. The lowest BCUT2D eigenvalue weighted by Gasteiger charge is -2.33. The van der Waals surface area contributed by atoms with Gasteiger partial charge in [0.15, 0.2) is 9.84 Å². The molecule has 27 heavy (non-hydrogen) atoms. The quantitative estimate of drug-likeness (QED) is 0.726. The molecule has 2 aromatic rings. The zero-order valence-electron chi connectivity index (χ0n) is 15.1. The standard InChI is InChI=1S/C19H21N3O4S/c1-19(2)6-7-20-16-14(19)4-3-11-9-13(18(24)22-15(11)16)17(23)21-12-5-8-27(25,26)10-12/h3-5,8-9,12,20H,6-7,10H2,1-2H3,(H,21,23)(H,22,24)/t12-/m1/s1. The summed E-state index contributed by atoms with van der Waals surface area (Å²) in [6.07, 6.45) is 2.42. The van der Waals surface area contributed by atoms with Crippen LogP contribution in [0, 0.1) is 0 Å². The van der Waals surface area contributed by atoms with Crippen molar-refractivity contribution in [1.82, 2.24) is 10.3 Å². The van der Waals surface area contributed by atoms with Crippen molar-refractivity contribution in [3.8, 4) is 0 Å². The number of pyridine rings is 1. The number of carbonyl (C=O) groups excluding carboxylic acids is 1. The highest BCUT2D eigenvalue weighted by molar-refractivity contribution is 7.94. The van der Waals surface area contributed by atoms with Gasteiger partial charge in [0.25, 0.3) is 11.5 Å². The van der Waals surface area contributed by atoms with E-state index in [0.717, 1.165) is 35.0 Å². The van der Waals surface area contributed by atoms with E-state index in [1.807, 2.05) is 12.1 Å². The average molecular weight is 387 g/mol. The van der Waals surface area contributed by atoms with Gasteiger partial charge >= 0.3 is 0 Å². The first-order chi connectivity index (χ1) is 12.7. The van der Waals surface area contributed by atoms with Crippen LogP contribution in [0.15, 0.2) is 34.5 Å². The molecule has 1 amide bonds. The number of benzene rings is 1. The zero-order valence-corrected chi connectivity index (χ0v) is 15.9. The Morgan fingerprint density at radius 2 is 2.07 bits per heavy atom. The van der Waals surface area contributed by atoms with Gasteiger partial charge in [-0.2, -0.15) is 0 Å². The molecule has 0 spiro atoms. The lowest BCUT2D eigenvalue weighted by Crippen LogP contribution is -2.38. The van der Waals surface area contributed by atoms with Crippen molar-refractivity contribution in [3.05, 3.63) is 51.2 Å². The summed E-state index contributed by atoms with van der Waals surface area (Å²) in [5.74, 6) is -0.771. The minimum Gasteiger partial charge on any atom is -0.383 e. The number of sulfone groups is 1. The summed E-state index contributed by atoms with van der Waals surface area (Å²) in [5.41, 5.74) is 2.19. The van der Waals surface area contributed by atoms with Gasteiger partial charge in [0.1, 0.15) is 5.56 Å². The molecule has 142 valence electrons. The van der Waals surface area contributed by atoms with Crippen LogP contribution in [-0.2, 0) is 15.3 Å². The average Bonchev–Trinajstić information content (AvgIpc) is 2.92. The maximum atomic E-state index is 12.5. The molecule has 0 aliphatic carbocycles. The number of H-pyrrole nitrogens is 1. The fourth-order valence-corrected chi connectivity index (χ4v) is 4.97. The van der Waals surface area contributed by atoms with Gasteiger partial charge in [-0.15, -0.1) is 0 Å². The number of hydrogen-bond acceptors (Lipinski definition) is 5. The molecule has 4 rings (SSSR count). The molecule has 0 fully saturated rings. The maximum Gasteiger partial charge on any atom is 0.261 e. The van der Waals surface area contributed by atoms with Gasteiger partial charge in [-0.1, -0.05) is 26.0 Å². The monoisotopic (exact) mass is 387 g/mol. The van der Waals surface area contributed by atoms with E-state index < -0.39 is 27.3 Å². The second kappa shape index (κ2) is 5.95. The maximum absolute atomic E-state index is 12.5. The number of aromatic amines is 1. The van der Waals surface area contributed by atoms with Crippen molar-refractivity contribution in [1.29, 1.82) is 0 Å². The number of aromatic nitrogens is 1. The molecule has 0 saturated carbocycles. The van der Waals surface area contributed by atoms with E-state index in [9.17, 15) is 18.0 Å². The third-order valence-electron chi connectivity index (χ3n) is 5.29. The lowest BCUT2D eigenvalue weighted by molar-refractivity contribution is 0.0946. The second-order valence-corrected chi connectivity index (χ2v) is 9.69. The highest BCUT2D eigenvalue weighted by atomic mass is 32.2. The first-order valence-electron chi connectivity index (χ1n) is 8.82. The molecule has 1 aromatic carbocycles. The van der Waals surface area contributed by atoms with Gasteiger partial charge in [-0.25, -0.2) is 8.42 Å². The number of rotatable bonds is 2. The molecule has 2 aliphatic rings. The molecule has 1 atom stereocenters. The second-order valence-electron chi connectivity index (χ2n) is 7.76. The Labute approximate surface area is 156 Å². The highest BCUT2D eigenvalue weighted by Crippen LogP contribution is 2.39. The van der Waals surface area contributed by atoms with E-state index in [4.69, 9.17) is 0 Å². The number of hydrogen-bond donors (Lipinski definition) is 3. The Morgan fingerprint density at radius 3 is 2.78 bits per heavy atom.